The van der Waals surface area contributed by atoms with E-state index in [0.29, 0.717) is 0 Å². The number of imidazole rings is 1. The number of benzene rings is 1. The van der Waals surface area contributed by atoms with E-state index in [4.69, 9.17) is 0 Å². The average molecular weight is 207 g/mol. The standard InChI is InChI=1S/C11H10N2.ClH/c1-8-6-13-7-9-4-2-3-5-10(9)11(13)12-8;/h2-6H,7H2,1H3;1H. The van der Waals surface area contributed by atoms with Crippen molar-refractivity contribution in [2.45, 2.75) is 13.5 Å². The lowest BCUT2D eigenvalue weighted by atomic mass is 10.1. The maximum Gasteiger partial charge on any atom is 0.140 e. The highest BCUT2D eigenvalue weighted by atomic mass is 35.5. The van der Waals surface area contributed by atoms with Gasteiger partial charge in [0.25, 0.3) is 0 Å². The molecule has 2 heterocycles. The third-order valence-electron chi connectivity index (χ3n) is 2.50. The summed E-state index contributed by atoms with van der Waals surface area (Å²) in [5.41, 5.74) is 3.77. The molecule has 0 atom stereocenters. The van der Waals surface area contributed by atoms with Crippen molar-refractivity contribution >= 4 is 12.4 Å². The molecule has 0 radical (unpaired) electrons. The van der Waals surface area contributed by atoms with E-state index < -0.39 is 0 Å². The van der Waals surface area contributed by atoms with Gasteiger partial charge in [0.2, 0.25) is 0 Å². The first-order chi connectivity index (χ1) is 6.34. The summed E-state index contributed by atoms with van der Waals surface area (Å²) in [6, 6.07) is 8.45. The van der Waals surface area contributed by atoms with Gasteiger partial charge in [0.1, 0.15) is 5.82 Å². The molecule has 3 rings (SSSR count). The van der Waals surface area contributed by atoms with Crippen LogP contribution in [-0.2, 0) is 6.54 Å². The molecule has 1 aliphatic rings. The third kappa shape index (κ3) is 1.15. The zero-order valence-electron chi connectivity index (χ0n) is 7.90. The maximum absolute atomic E-state index is 4.50. The topological polar surface area (TPSA) is 17.8 Å². The lowest BCUT2D eigenvalue weighted by Crippen LogP contribution is -1.88. The summed E-state index contributed by atoms with van der Waals surface area (Å²) in [7, 11) is 0. The van der Waals surface area contributed by atoms with Crippen LogP contribution in [0.1, 0.15) is 11.3 Å². The molecule has 0 saturated heterocycles. The number of hydrogen-bond donors (Lipinski definition) is 0. The van der Waals surface area contributed by atoms with E-state index in [1.807, 2.05) is 6.92 Å². The Morgan fingerprint density at radius 3 is 2.93 bits per heavy atom. The largest absolute Gasteiger partial charge is 0.326 e. The van der Waals surface area contributed by atoms with E-state index in [9.17, 15) is 0 Å². The summed E-state index contributed by atoms with van der Waals surface area (Å²) in [4.78, 5) is 4.50. The van der Waals surface area contributed by atoms with Gasteiger partial charge in [-0.3, -0.25) is 0 Å². The van der Waals surface area contributed by atoms with E-state index in [1.165, 1.54) is 11.1 Å². The molecule has 0 unspecified atom stereocenters. The molecule has 0 N–H and O–H groups in total. The van der Waals surface area contributed by atoms with Crippen molar-refractivity contribution in [3.05, 3.63) is 41.7 Å². The van der Waals surface area contributed by atoms with Crippen molar-refractivity contribution in [1.82, 2.24) is 9.55 Å². The minimum Gasteiger partial charge on any atom is -0.326 e. The molecule has 72 valence electrons. The molecule has 2 nitrogen and oxygen atoms in total. The average Bonchev–Trinajstić information content (AvgIpc) is 2.60. The first kappa shape index (κ1) is 9.28. The van der Waals surface area contributed by atoms with E-state index >= 15 is 0 Å². The van der Waals surface area contributed by atoms with Gasteiger partial charge in [-0.1, -0.05) is 24.3 Å². The van der Waals surface area contributed by atoms with E-state index in [2.05, 4.69) is 40.0 Å². The Hall–Kier alpha value is -1.28. The number of fused-ring (bicyclic) bond motifs is 3. The number of aryl methyl sites for hydroxylation is 1. The second kappa shape index (κ2) is 3.14. The Balaban J connectivity index is 0.000000750. The van der Waals surface area contributed by atoms with Crippen LogP contribution in [0.15, 0.2) is 30.5 Å². The van der Waals surface area contributed by atoms with Crippen molar-refractivity contribution in [3.63, 3.8) is 0 Å². The van der Waals surface area contributed by atoms with Crippen LogP contribution in [0, 0.1) is 6.92 Å². The Bertz CT molecular complexity index is 474. The lowest BCUT2D eigenvalue weighted by Gasteiger charge is -1.94. The first-order valence-corrected chi connectivity index (χ1v) is 4.46. The summed E-state index contributed by atoms with van der Waals surface area (Å²) >= 11 is 0. The quantitative estimate of drug-likeness (QED) is 0.553. The van der Waals surface area contributed by atoms with Gasteiger partial charge in [0.05, 0.1) is 5.69 Å². The van der Waals surface area contributed by atoms with Crippen LogP contribution in [0.2, 0.25) is 0 Å². The van der Waals surface area contributed by atoms with Crippen LogP contribution in [0.5, 0.6) is 0 Å². The van der Waals surface area contributed by atoms with Crippen molar-refractivity contribution in [1.29, 1.82) is 0 Å². The second-order valence-electron chi connectivity index (χ2n) is 3.49. The molecule has 1 aromatic heterocycles. The Labute approximate surface area is 89.0 Å². The van der Waals surface area contributed by atoms with Gasteiger partial charge in [-0.05, 0) is 12.5 Å². The summed E-state index contributed by atoms with van der Waals surface area (Å²) < 4.78 is 2.21. The molecule has 0 aliphatic carbocycles. The van der Waals surface area contributed by atoms with E-state index in [0.717, 1.165) is 18.1 Å². The first-order valence-electron chi connectivity index (χ1n) is 4.46. The van der Waals surface area contributed by atoms with Gasteiger partial charge in [0.15, 0.2) is 0 Å². The number of hydrogen-bond acceptors (Lipinski definition) is 1. The summed E-state index contributed by atoms with van der Waals surface area (Å²) in [6.45, 7) is 3.01. The van der Waals surface area contributed by atoms with Gasteiger partial charge >= 0.3 is 0 Å². The van der Waals surface area contributed by atoms with Crippen molar-refractivity contribution in [3.8, 4) is 11.4 Å². The Morgan fingerprint density at radius 1 is 1.29 bits per heavy atom. The molecule has 0 bridgehead atoms. The molecular formula is C11H11ClN2. The number of nitrogens with zero attached hydrogens (tertiary/aromatic N) is 2. The van der Waals surface area contributed by atoms with Crippen LogP contribution in [0.25, 0.3) is 11.4 Å². The molecule has 0 spiro atoms. The zero-order valence-corrected chi connectivity index (χ0v) is 8.71. The molecule has 0 fully saturated rings. The maximum atomic E-state index is 4.50. The summed E-state index contributed by atoms with van der Waals surface area (Å²) in [5.74, 6) is 1.12. The molecule has 3 heteroatoms. The van der Waals surface area contributed by atoms with Crippen LogP contribution < -0.4 is 0 Å². The van der Waals surface area contributed by atoms with E-state index in [-0.39, 0.29) is 12.4 Å². The van der Waals surface area contributed by atoms with E-state index in [1.54, 1.807) is 0 Å². The lowest BCUT2D eigenvalue weighted by molar-refractivity contribution is 0.846. The third-order valence-corrected chi connectivity index (χ3v) is 2.50. The highest BCUT2D eigenvalue weighted by Gasteiger charge is 2.18. The minimum atomic E-state index is 0. The minimum absolute atomic E-state index is 0. The molecule has 2 aromatic rings. The number of rotatable bonds is 0. The normalized spacial score (nSPS) is 11.8. The molecule has 1 aromatic carbocycles. The highest BCUT2D eigenvalue weighted by Crippen LogP contribution is 2.30. The van der Waals surface area contributed by atoms with Gasteiger partial charge in [-0.25, -0.2) is 4.98 Å². The van der Waals surface area contributed by atoms with Gasteiger partial charge in [-0.15, -0.1) is 12.4 Å². The van der Waals surface area contributed by atoms with Crippen LogP contribution in [-0.4, -0.2) is 9.55 Å². The van der Waals surface area contributed by atoms with Crippen molar-refractivity contribution in [2.75, 3.05) is 0 Å². The smallest absolute Gasteiger partial charge is 0.140 e. The summed E-state index contributed by atoms with van der Waals surface area (Å²) in [6.07, 6.45) is 2.11. The highest BCUT2D eigenvalue weighted by molar-refractivity contribution is 5.85. The molecule has 1 aliphatic heterocycles. The second-order valence-corrected chi connectivity index (χ2v) is 3.49. The zero-order chi connectivity index (χ0) is 8.84. The van der Waals surface area contributed by atoms with Crippen LogP contribution in [0.3, 0.4) is 0 Å². The van der Waals surface area contributed by atoms with Crippen molar-refractivity contribution in [2.24, 2.45) is 0 Å². The van der Waals surface area contributed by atoms with Crippen LogP contribution in [0.4, 0.5) is 0 Å². The van der Waals surface area contributed by atoms with Gasteiger partial charge in [-0.2, -0.15) is 0 Å². The Morgan fingerprint density at radius 2 is 2.07 bits per heavy atom. The number of halogens is 1. The number of aromatic nitrogens is 2. The predicted octanol–water partition coefficient (Wildman–Crippen LogP) is 2.64. The predicted molar refractivity (Wildman–Crippen MR) is 58.8 cm³/mol. The molecule has 0 amide bonds. The monoisotopic (exact) mass is 206 g/mol. The van der Waals surface area contributed by atoms with Crippen molar-refractivity contribution < 1.29 is 0 Å². The fourth-order valence-electron chi connectivity index (χ4n) is 1.94. The fourth-order valence-corrected chi connectivity index (χ4v) is 1.94. The summed E-state index contributed by atoms with van der Waals surface area (Å²) in [5, 5.41) is 0. The van der Waals surface area contributed by atoms with Crippen LogP contribution >= 0.6 is 12.4 Å². The SMILES string of the molecule is Cc1cn2c(n1)-c1ccccc1C2.Cl. The van der Waals surface area contributed by atoms with Gasteiger partial charge in [0, 0.05) is 18.3 Å². The molecule has 0 saturated carbocycles. The molecular weight excluding hydrogens is 196 g/mol. The Kier molecular flexibility index (Phi) is 2.08. The fraction of sp³-hybridized carbons (Fsp3) is 0.182. The molecule has 14 heavy (non-hydrogen) atoms. The van der Waals surface area contributed by atoms with Gasteiger partial charge < -0.3 is 4.57 Å².